The molecule has 1 N–H and O–H groups in total. The van der Waals surface area contributed by atoms with Gasteiger partial charge in [-0.1, -0.05) is 23.7 Å². The number of rotatable bonds is 5. The minimum absolute atomic E-state index is 0.0566. The number of imide groups is 1. The Morgan fingerprint density at radius 3 is 2.30 bits per heavy atom. The van der Waals surface area contributed by atoms with Gasteiger partial charge in [-0.15, -0.1) is 0 Å². The number of benzene rings is 2. The lowest BCUT2D eigenvalue weighted by atomic mass is 10.0. The number of likely N-dealkylation sites (N-methyl/N-ethyl adjacent to an activating group) is 1. The van der Waals surface area contributed by atoms with Crippen molar-refractivity contribution in [3.05, 3.63) is 70.4 Å². The van der Waals surface area contributed by atoms with Gasteiger partial charge < -0.3 is 10.0 Å². The van der Waals surface area contributed by atoms with Crippen LogP contribution in [0.25, 0.3) is 5.57 Å². The molecule has 140 valence electrons. The van der Waals surface area contributed by atoms with Crippen LogP contribution in [0.3, 0.4) is 0 Å². The van der Waals surface area contributed by atoms with E-state index in [1.54, 1.807) is 31.3 Å². The molecule has 0 radical (unpaired) electrons. The van der Waals surface area contributed by atoms with E-state index in [0.717, 1.165) is 23.1 Å². The summed E-state index contributed by atoms with van der Waals surface area (Å²) in [5.74, 6) is -3.61. The molecule has 2 amide bonds. The average Bonchev–Trinajstić information content (AvgIpc) is 2.89. The fourth-order valence-electron chi connectivity index (χ4n) is 2.87. The number of hydrogen-bond acceptors (Lipinski definition) is 4. The Bertz CT molecular complexity index is 944. The minimum Gasteiger partial charge on any atom is -0.395 e. The molecular weight excluding hydrogens is 378 g/mol. The van der Waals surface area contributed by atoms with Crippen molar-refractivity contribution >= 4 is 34.7 Å². The Kier molecular flexibility index (Phi) is 5.25. The maximum absolute atomic E-state index is 13.6. The Labute approximate surface area is 159 Å². The van der Waals surface area contributed by atoms with Gasteiger partial charge in [-0.25, -0.2) is 13.7 Å². The summed E-state index contributed by atoms with van der Waals surface area (Å²) in [7, 11) is 1.56. The molecule has 5 nitrogen and oxygen atoms in total. The normalized spacial score (nSPS) is 14.3. The zero-order valence-electron chi connectivity index (χ0n) is 14.2. The molecule has 1 heterocycles. The number of anilines is 1. The predicted octanol–water partition coefficient (Wildman–Crippen LogP) is 2.83. The van der Waals surface area contributed by atoms with Crippen molar-refractivity contribution in [3.8, 4) is 0 Å². The van der Waals surface area contributed by atoms with E-state index in [-0.39, 0.29) is 30.1 Å². The summed E-state index contributed by atoms with van der Waals surface area (Å²) in [6.45, 7) is -0.127. The number of hydrogen-bond donors (Lipinski definition) is 1. The van der Waals surface area contributed by atoms with Crippen LogP contribution in [0, 0.1) is 11.6 Å². The van der Waals surface area contributed by atoms with E-state index in [2.05, 4.69) is 0 Å². The zero-order chi connectivity index (χ0) is 19.7. The highest BCUT2D eigenvalue weighted by Gasteiger charge is 2.41. The number of carbonyl (C=O) groups excluding carboxylic acids is 2. The van der Waals surface area contributed by atoms with Crippen LogP contribution in [0.5, 0.6) is 0 Å². The second kappa shape index (κ2) is 7.46. The maximum Gasteiger partial charge on any atom is 0.282 e. The van der Waals surface area contributed by atoms with Gasteiger partial charge >= 0.3 is 0 Å². The van der Waals surface area contributed by atoms with Crippen molar-refractivity contribution in [1.82, 2.24) is 4.90 Å². The van der Waals surface area contributed by atoms with Crippen molar-refractivity contribution in [2.45, 2.75) is 0 Å². The fourth-order valence-corrected chi connectivity index (χ4v) is 3.00. The topological polar surface area (TPSA) is 60.9 Å². The molecule has 0 saturated carbocycles. The molecule has 0 aromatic heterocycles. The molecule has 2 aromatic rings. The molecule has 0 bridgehead atoms. The summed E-state index contributed by atoms with van der Waals surface area (Å²) < 4.78 is 26.9. The van der Waals surface area contributed by atoms with E-state index in [4.69, 9.17) is 11.6 Å². The second-order valence-corrected chi connectivity index (χ2v) is 6.36. The van der Waals surface area contributed by atoms with E-state index < -0.39 is 23.4 Å². The Morgan fingerprint density at radius 2 is 1.70 bits per heavy atom. The summed E-state index contributed by atoms with van der Waals surface area (Å²) in [6.07, 6.45) is 0. The van der Waals surface area contributed by atoms with Crippen LogP contribution in [0.1, 0.15) is 5.56 Å². The average molecular weight is 393 g/mol. The summed E-state index contributed by atoms with van der Waals surface area (Å²) >= 11 is 5.89. The van der Waals surface area contributed by atoms with Gasteiger partial charge in [0.15, 0.2) is 11.6 Å². The zero-order valence-corrected chi connectivity index (χ0v) is 15.0. The van der Waals surface area contributed by atoms with Crippen LogP contribution in [-0.4, -0.2) is 42.0 Å². The van der Waals surface area contributed by atoms with E-state index >= 15 is 0 Å². The molecule has 27 heavy (non-hydrogen) atoms. The molecule has 0 aliphatic carbocycles. The highest BCUT2D eigenvalue weighted by atomic mass is 35.5. The van der Waals surface area contributed by atoms with E-state index in [1.165, 1.54) is 4.90 Å². The number of aliphatic hydroxyl groups excluding tert-OH is 1. The number of aliphatic hydroxyl groups is 1. The summed E-state index contributed by atoms with van der Waals surface area (Å²) in [5.41, 5.74) is 0.517. The molecule has 0 fully saturated rings. The number of carbonyl (C=O) groups is 2. The van der Waals surface area contributed by atoms with Crippen molar-refractivity contribution in [3.63, 3.8) is 0 Å². The summed E-state index contributed by atoms with van der Waals surface area (Å²) in [6, 6.07) is 9.12. The largest absolute Gasteiger partial charge is 0.395 e. The van der Waals surface area contributed by atoms with Crippen molar-refractivity contribution < 1.29 is 23.5 Å². The quantitative estimate of drug-likeness (QED) is 0.795. The molecule has 3 rings (SSSR count). The molecule has 0 atom stereocenters. The fraction of sp³-hybridized carbons (Fsp3) is 0.158. The lowest BCUT2D eigenvalue weighted by Crippen LogP contribution is -2.35. The first kappa shape index (κ1) is 19.0. The van der Waals surface area contributed by atoms with E-state index in [1.807, 2.05) is 0 Å². The summed E-state index contributed by atoms with van der Waals surface area (Å²) in [5, 5.41) is 9.67. The van der Waals surface area contributed by atoms with Crippen LogP contribution in [0.2, 0.25) is 5.02 Å². The van der Waals surface area contributed by atoms with Gasteiger partial charge in [-0.05, 0) is 29.8 Å². The van der Waals surface area contributed by atoms with Crippen molar-refractivity contribution in [2.75, 3.05) is 25.1 Å². The number of nitrogens with zero attached hydrogens (tertiary/aromatic N) is 2. The van der Waals surface area contributed by atoms with E-state index in [9.17, 15) is 23.5 Å². The van der Waals surface area contributed by atoms with Crippen molar-refractivity contribution in [1.29, 1.82) is 0 Å². The first-order valence-corrected chi connectivity index (χ1v) is 8.39. The van der Waals surface area contributed by atoms with Gasteiger partial charge in [0.2, 0.25) is 0 Å². The highest BCUT2D eigenvalue weighted by molar-refractivity contribution is 6.45. The van der Waals surface area contributed by atoms with Crippen LogP contribution >= 0.6 is 11.6 Å². The van der Waals surface area contributed by atoms with Crippen molar-refractivity contribution in [2.24, 2.45) is 0 Å². The second-order valence-electron chi connectivity index (χ2n) is 5.92. The monoisotopic (exact) mass is 392 g/mol. The van der Waals surface area contributed by atoms with E-state index in [0.29, 0.717) is 10.6 Å². The molecule has 0 spiro atoms. The van der Waals surface area contributed by atoms with Crippen LogP contribution < -0.4 is 4.90 Å². The standard InChI is InChI=1S/C19H15ClF2N2O3/c1-23(8-9-25)17-16(11-2-4-12(20)5-3-11)18(26)24(19(17)27)13-6-7-14(21)15(22)10-13/h2-7,10,25H,8-9H2,1H3. The molecular formula is C19H15ClF2N2O3. The molecule has 1 aliphatic rings. The third-order valence-electron chi connectivity index (χ3n) is 4.17. The molecule has 8 heteroatoms. The predicted molar refractivity (Wildman–Crippen MR) is 96.9 cm³/mol. The van der Waals surface area contributed by atoms with Crippen LogP contribution in [0.4, 0.5) is 14.5 Å². The van der Waals surface area contributed by atoms with Gasteiger partial charge in [0.25, 0.3) is 11.8 Å². The lowest BCUT2D eigenvalue weighted by molar-refractivity contribution is -0.120. The first-order valence-electron chi connectivity index (χ1n) is 8.01. The first-order chi connectivity index (χ1) is 12.8. The highest BCUT2D eigenvalue weighted by Crippen LogP contribution is 2.35. The molecule has 0 unspecified atom stereocenters. The van der Waals surface area contributed by atoms with Gasteiger partial charge in [-0.2, -0.15) is 0 Å². The van der Waals surface area contributed by atoms with Gasteiger partial charge in [0.05, 0.1) is 17.9 Å². The van der Waals surface area contributed by atoms with Gasteiger partial charge in [0, 0.05) is 24.7 Å². The smallest absolute Gasteiger partial charge is 0.282 e. The van der Waals surface area contributed by atoms with Gasteiger partial charge in [0.1, 0.15) is 5.70 Å². The number of halogens is 3. The third kappa shape index (κ3) is 3.43. The molecule has 0 saturated heterocycles. The molecule has 1 aliphatic heterocycles. The third-order valence-corrected chi connectivity index (χ3v) is 4.42. The van der Waals surface area contributed by atoms with Gasteiger partial charge in [-0.3, -0.25) is 9.59 Å². The number of amides is 2. The maximum atomic E-state index is 13.6. The van der Waals surface area contributed by atoms with Crippen LogP contribution in [-0.2, 0) is 9.59 Å². The summed E-state index contributed by atoms with van der Waals surface area (Å²) in [4.78, 5) is 28.2. The molecule has 2 aromatic carbocycles. The Morgan fingerprint density at radius 1 is 1.04 bits per heavy atom. The Hall–Kier alpha value is -2.77. The minimum atomic E-state index is -1.17. The lowest BCUT2D eigenvalue weighted by Gasteiger charge is -2.20. The Balaban J connectivity index is 2.13. The van der Waals surface area contributed by atoms with Crippen LogP contribution in [0.15, 0.2) is 48.2 Å². The SMILES string of the molecule is CN(CCO)C1=C(c2ccc(Cl)cc2)C(=O)N(c2ccc(F)c(F)c2)C1=O.